The van der Waals surface area contributed by atoms with E-state index in [-0.39, 0.29) is 29.5 Å². The molecule has 0 aromatic carbocycles. The van der Waals surface area contributed by atoms with Gasteiger partial charge in [-0.15, -0.1) is 11.3 Å². The fraction of sp³-hybridized carbons (Fsp3) is 0.727. The molecule has 2 heterocycles. The van der Waals surface area contributed by atoms with Crippen molar-refractivity contribution in [1.29, 1.82) is 0 Å². The summed E-state index contributed by atoms with van der Waals surface area (Å²) in [6, 6.07) is -4.36. The highest BCUT2D eigenvalue weighted by Gasteiger charge is 2.47. The highest BCUT2D eigenvalue weighted by molar-refractivity contribution is 7.11. The van der Waals surface area contributed by atoms with E-state index in [1.165, 1.54) is 16.2 Å². The number of hydrogen-bond acceptors (Lipinski definition) is 8. The fourth-order valence-electron chi connectivity index (χ4n) is 6.67. The van der Waals surface area contributed by atoms with Crippen LogP contribution in [0.4, 0.5) is 4.79 Å². The molecule has 3 fully saturated rings. The molecule has 0 spiro atoms. The Morgan fingerprint density at radius 2 is 1.65 bits per heavy atom. The third-order valence-corrected chi connectivity index (χ3v) is 10.5. The van der Waals surface area contributed by atoms with E-state index in [1.807, 2.05) is 34.6 Å². The van der Waals surface area contributed by atoms with Gasteiger partial charge in [-0.05, 0) is 54.8 Å². The van der Waals surface area contributed by atoms with Gasteiger partial charge < -0.3 is 26.6 Å². The van der Waals surface area contributed by atoms with Gasteiger partial charge >= 0.3 is 6.03 Å². The molecule has 254 valence electrons. The van der Waals surface area contributed by atoms with E-state index in [0.29, 0.717) is 24.4 Å². The second-order valence-electron chi connectivity index (χ2n) is 14.7. The Balaban J connectivity index is 1.53. The third-order valence-electron chi connectivity index (χ3n) is 9.73. The summed E-state index contributed by atoms with van der Waals surface area (Å²) in [6.07, 6.45) is 8.76. The van der Waals surface area contributed by atoms with Gasteiger partial charge in [-0.2, -0.15) is 0 Å². The Bertz CT molecular complexity index is 1280. The van der Waals surface area contributed by atoms with E-state index in [9.17, 15) is 28.8 Å². The van der Waals surface area contributed by atoms with Crippen molar-refractivity contribution >= 4 is 46.7 Å². The average Bonchev–Trinajstić information content (AvgIpc) is 3.45. The van der Waals surface area contributed by atoms with Crippen LogP contribution in [0.25, 0.3) is 0 Å². The molecule has 1 aromatic heterocycles. The zero-order chi connectivity index (χ0) is 33.8. The highest BCUT2D eigenvalue weighted by Crippen LogP contribution is 2.35. The number of ketones is 2. The number of carbonyl (C=O) groups excluding carboxylic acids is 6. The fourth-order valence-corrected chi connectivity index (χ4v) is 7.29. The third kappa shape index (κ3) is 8.92. The molecule has 5 amide bonds. The minimum absolute atomic E-state index is 0.00877. The molecule has 1 aliphatic heterocycles. The molecule has 3 aliphatic rings. The van der Waals surface area contributed by atoms with Crippen LogP contribution in [0.15, 0.2) is 11.6 Å². The molecule has 1 saturated heterocycles. The van der Waals surface area contributed by atoms with E-state index in [4.69, 9.17) is 5.73 Å². The van der Waals surface area contributed by atoms with Gasteiger partial charge in [0.2, 0.25) is 23.4 Å². The minimum Gasteiger partial charge on any atom is -0.363 e. The van der Waals surface area contributed by atoms with Gasteiger partial charge in [0.05, 0.1) is 12.1 Å². The summed E-state index contributed by atoms with van der Waals surface area (Å²) in [5.74, 6) is -2.74. The van der Waals surface area contributed by atoms with Gasteiger partial charge in [-0.3, -0.25) is 24.0 Å². The molecule has 1 aromatic rings. The molecular weight excluding hydrogens is 608 g/mol. The first-order valence-electron chi connectivity index (χ1n) is 16.6. The number of likely N-dealkylation sites (tertiary alicyclic amines) is 1. The van der Waals surface area contributed by atoms with Crippen molar-refractivity contribution in [2.75, 3.05) is 6.54 Å². The number of nitrogens with zero attached hydrogens (tertiary/aromatic N) is 2. The molecular formula is C33H50N6O6S. The van der Waals surface area contributed by atoms with Crippen LogP contribution in [-0.4, -0.2) is 75.9 Å². The number of carbonyl (C=O) groups is 6. The minimum atomic E-state index is -1.10. The van der Waals surface area contributed by atoms with E-state index in [1.54, 1.807) is 11.6 Å². The largest absolute Gasteiger partial charge is 0.363 e. The van der Waals surface area contributed by atoms with Crippen molar-refractivity contribution in [3.05, 3.63) is 16.6 Å². The maximum Gasteiger partial charge on any atom is 0.316 e. The maximum atomic E-state index is 14.3. The van der Waals surface area contributed by atoms with Crippen LogP contribution in [0.3, 0.4) is 0 Å². The molecule has 46 heavy (non-hydrogen) atoms. The molecule has 4 rings (SSSR count). The zero-order valence-electron chi connectivity index (χ0n) is 27.7. The van der Waals surface area contributed by atoms with E-state index in [0.717, 1.165) is 44.9 Å². The second kappa shape index (κ2) is 15.0. The van der Waals surface area contributed by atoms with Crippen LogP contribution in [0, 0.1) is 29.1 Å². The predicted molar refractivity (Wildman–Crippen MR) is 174 cm³/mol. The lowest BCUT2D eigenvalue weighted by molar-refractivity contribution is -0.143. The molecule has 2 saturated carbocycles. The number of nitrogens with two attached hydrogens (primary N) is 1. The van der Waals surface area contributed by atoms with Gasteiger partial charge in [-0.1, -0.05) is 66.7 Å². The summed E-state index contributed by atoms with van der Waals surface area (Å²) < 4.78 is 0. The van der Waals surface area contributed by atoms with Crippen LogP contribution in [0.1, 0.15) is 102 Å². The van der Waals surface area contributed by atoms with Crippen LogP contribution in [-0.2, 0) is 19.2 Å². The molecule has 13 heteroatoms. The highest BCUT2D eigenvalue weighted by atomic mass is 32.1. The van der Waals surface area contributed by atoms with Crippen LogP contribution in [0.2, 0.25) is 0 Å². The number of nitrogens with one attached hydrogen (secondary N) is 3. The zero-order valence-corrected chi connectivity index (χ0v) is 28.5. The average molecular weight is 659 g/mol. The summed E-state index contributed by atoms with van der Waals surface area (Å²) in [5, 5.41) is 10.5. The quantitative estimate of drug-likeness (QED) is 0.185. The van der Waals surface area contributed by atoms with Gasteiger partial charge in [0.25, 0.3) is 5.91 Å². The Hall–Kier alpha value is -3.35. The second-order valence-corrected chi connectivity index (χ2v) is 15.6. The van der Waals surface area contributed by atoms with Gasteiger partial charge in [-0.25, -0.2) is 9.78 Å². The topological polar surface area (TPSA) is 181 Å². The van der Waals surface area contributed by atoms with Crippen molar-refractivity contribution in [1.82, 2.24) is 25.8 Å². The molecule has 12 nitrogen and oxygen atoms in total. The van der Waals surface area contributed by atoms with Crippen molar-refractivity contribution < 1.29 is 28.8 Å². The Morgan fingerprint density at radius 3 is 2.20 bits per heavy atom. The lowest BCUT2D eigenvalue weighted by Gasteiger charge is -2.36. The number of rotatable bonds is 13. The molecule has 0 radical (unpaired) electrons. The van der Waals surface area contributed by atoms with Gasteiger partial charge in [0.15, 0.2) is 5.01 Å². The Morgan fingerprint density at radius 1 is 0.978 bits per heavy atom. The Kier molecular flexibility index (Phi) is 11.6. The number of thiazole rings is 1. The number of urea groups is 1. The smallest absolute Gasteiger partial charge is 0.316 e. The van der Waals surface area contributed by atoms with Gasteiger partial charge in [0, 0.05) is 18.1 Å². The normalized spacial score (nSPS) is 22.5. The number of Topliss-reactive ketones (excluding diaryl/α,β-unsaturated/α-hetero) is 2. The van der Waals surface area contributed by atoms with Crippen molar-refractivity contribution in [3.63, 3.8) is 0 Å². The van der Waals surface area contributed by atoms with Crippen molar-refractivity contribution in [2.45, 2.75) is 117 Å². The summed E-state index contributed by atoms with van der Waals surface area (Å²) in [7, 11) is 0. The number of primary amides is 1. The first-order chi connectivity index (χ1) is 21.7. The lowest BCUT2D eigenvalue weighted by Crippen LogP contribution is -2.61. The first-order valence-corrected chi connectivity index (χ1v) is 17.5. The number of hydrogen-bond donors (Lipinski definition) is 4. The summed E-state index contributed by atoms with van der Waals surface area (Å²) in [6.45, 7) is 9.84. The number of aromatic nitrogens is 1. The summed E-state index contributed by atoms with van der Waals surface area (Å²) in [5.41, 5.74) is 4.54. The molecule has 2 aliphatic carbocycles. The lowest BCUT2D eigenvalue weighted by atomic mass is 9.82. The van der Waals surface area contributed by atoms with Crippen molar-refractivity contribution in [2.24, 2.45) is 34.8 Å². The summed E-state index contributed by atoms with van der Waals surface area (Å²) in [4.78, 5) is 85.1. The monoisotopic (exact) mass is 658 g/mol. The molecule has 5 N–H and O–H groups in total. The van der Waals surface area contributed by atoms with Crippen LogP contribution in [0.5, 0.6) is 0 Å². The predicted octanol–water partition coefficient (Wildman–Crippen LogP) is 3.20. The maximum absolute atomic E-state index is 14.3. The van der Waals surface area contributed by atoms with Crippen molar-refractivity contribution in [3.8, 4) is 0 Å². The molecule has 1 unspecified atom stereocenters. The Labute approximate surface area is 275 Å². The van der Waals surface area contributed by atoms with E-state index in [2.05, 4.69) is 20.9 Å². The molecule has 0 bridgehead atoms. The van der Waals surface area contributed by atoms with E-state index >= 15 is 0 Å². The first kappa shape index (κ1) is 35.5. The standard InChI is InChI=1S/C33H50N6O6S/c1-18(2)21-16-23(29(43)36-22(15-19-11-12-19)25(40)28(34)42)39(17-21)31(44)27(33(3,4)5)38-32(45)37-24(20-9-7-6-8-10-20)26(41)30-35-13-14-46-30/h13-14,18-24,27H,6-12,15-17H2,1-5H3,(H2,34,42)(H,36,43)(H2,37,38,45)/t21-,22?,23+,24+,27-/m1/s1. The van der Waals surface area contributed by atoms with E-state index < -0.39 is 59.1 Å². The SMILES string of the molecule is CC(C)[C@@H]1C[C@@H](C(=O)NC(CC2CC2)C(=O)C(N)=O)N(C(=O)[C@@H](NC(=O)N[C@H](C(=O)c2nccs2)C2CCCCC2)C(C)(C)C)C1. The van der Waals surface area contributed by atoms with Gasteiger partial charge in [0.1, 0.15) is 12.1 Å². The number of amides is 5. The van der Waals surface area contributed by atoms with Crippen LogP contribution >= 0.6 is 11.3 Å². The summed E-state index contributed by atoms with van der Waals surface area (Å²) >= 11 is 1.23. The molecule has 5 atom stereocenters. The van der Waals surface area contributed by atoms with Crippen LogP contribution < -0.4 is 21.7 Å².